The number of nitrogens with one attached hydrogen (secondary N) is 1. The zero-order valence-electron chi connectivity index (χ0n) is 9.06. The van der Waals surface area contributed by atoms with Crippen molar-refractivity contribution in [1.82, 2.24) is 4.90 Å². The molecule has 0 unspecified atom stereocenters. The van der Waals surface area contributed by atoms with E-state index in [4.69, 9.17) is 0 Å². The van der Waals surface area contributed by atoms with Gasteiger partial charge in [0.2, 0.25) is 0 Å². The lowest BCUT2D eigenvalue weighted by atomic mass is 10.3. The molecule has 84 valence electrons. The van der Waals surface area contributed by atoms with E-state index in [2.05, 4.69) is 46.9 Å². The molecule has 0 bridgehead atoms. The van der Waals surface area contributed by atoms with E-state index in [1.807, 2.05) is 0 Å². The molecule has 4 heteroatoms. The molecule has 0 aliphatic heterocycles. The first-order valence-corrected chi connectivity index (χ1v) is 6.01. The van der Waals surface area contributed by atoms with Gasteiger partial charge in [0.25, 0.3) is 0 Å². The summed E-state index contributed by atoms with van der Waals surface area (Å²) in [4.78, 5) is 2.15. The minimum atomic E-state index is -0.182. The van der Waals surface area contributed by atoms with Crippen LogP contribution in [0, 0.1) is 9.39 Å². The van der Waals surface area contributed by atoms with Gasteiger partial charge in [-0.2, -0.15) is 0 Å². The molecule has 0 fully saturated rings. The van der Waals surface area contributed by atoms with E-state index in [0.29, 0.717) is 0 Å². The highest BCUT2D eigenvalue weighted by molar-refractivity contribution is 14.1. The maximum atomic E-state index is 12.8. The molecule has 0 aliphatic carbocycles. The van der Waals surface area contributed by atoms with Crippen molar-refractivity contribution < 1.29 is 4.39 Å². The summed E-state index contributed by atoms with van der Waals surface area (Å²) in [6.45, 7) is 1.98. The van der Waals surface area contributed by atoms with Gasteiger partial charge in [-0.15, -0.1) is 0 Å². The highest BCUT2D eigenvalue weighted by Gasteiger charge is 2.00. The Bertz CT molecular complexity index is 315. The van der Waals surface area contributed by atoms with Crippen LogP contribution >= 0.6 is 22.6 Å². The number of hydrogen-bond acceptors (Lipinski definition) is 2. The third-order valence-electron chi connectivity index (χ3n) is 2.03. The molecule has 0 saturated heterocycles. The second-order valence-electron chi connectivity index (χ2n) is 3.71. The van der Waals surface area contributed by atoms with Crippen LogP contribution in [0.15, 0.2) is 18.2 Å². The molecule has 2 nitrogen and oxygen atoms in total. The Kier molecular flexibility index (Phi) is 5.31. The predicted molar refractivity (Wildman–Crippen MR) is 70.8 cm³/mol. The average Bonchev–Trinajstić information content (AvgIpc) is 2.14. The van der Waals surface area contributed by atoms with Crippen LogP contribution in [0.2, 0.25) is 0 Å². The SMILES string of the molecule is CN(C)CCCNc1ccc(F)cc1I. The first-order chi connectivity index (χ1) is 7.09. The van der Waals surface area contributed by atoms with Crippen LogP contribution in [-0.4, -0.2) is 32.1 Å². The van der Waals surface area contributed by atoms with E-state index in [1.54, 1.807) is 6.07 Å². The zero-order valence-corrected chi connectivity index (χ0v) is 11.2. The quantitative estimate of drug-likeness (QED) is 0.662. The van der Waals surface area contributed by atoms with Gasteiger partial charge in [0, 0.05) is 15.8 Å². The molecular weight excluding hydrogens is 306 g/mol. The van der Waals surface area contributed by atoms with Crippen LogP contribution in [0.25, 0.3) is 0 Å². The van der Waals surface area contributed by atoms with E-state index in [0.717, 1.165) is 28.8 Å². The monoisotopic (exact) mass is 322 g/mol. The molecular formula is C11H16FIN2. The van der Waals surface area contributed by atoms with Crippen molar-refractivity contribution in [2.24, 2.45) is 0 Å². The first-order valence-electron chi connectivity index (χ1n) is 4.93. The summed E-state index contributed by atoms with van der Waals surface area (Å²) in [7, 11) is 4.11. The van der Waals surface area contributed by atoms with E-state index >= 15 is 0 Å². The fraction of sp³-hybridized carbons (Fsp3) is 0.455. The normalized spacial score (nSPS) is 10.7. The zero-order chi connectivity index (χ0) is 11.3. The van der Waals surface area contributed by atoms with Crippen molar-refractivity contribution in [3.8, 4) is 0 Å². The van der Waals surface area contributed by atoms with E-state index in [9.17, 15) is 4.39 Å². The Hall–Kier alpha value is -0.360. The van der Waals surface area contributed by atoms with Crippen molar-refractivity contribution in [1.29, 1.82) is 0 Å². The Morgan fingerprint density at radius 2 is 2.13 bits per heavy atom. The molecule has 1 N–H and O–H groups in total. The molecule has 0 heterocycles. The largest absolute Gasteiger partial charge is 0.384 e. The van der Waals surface area contributed by atoms with Crippen LogP contribution in [0.1, 0.15) is 6.42 Å². The number of nitrogens with zero attached hydrogens (tertiary/aromatic N) is 1. The molecule has 1 rings (SSSR count). The van der Waals surface area contributed by atoms with Crippen molar-refractivity contribution >= 4 is 28.3 Å². The predicted octanol–water partition coefficient (Wildman–Crippen LogP) is 2.79. The van der Waals surface area contributed by atoms with Crippen LogP contribution < -0.4 is 5.32 Å². The van der Waals surface area contributed by atoms with Crippen LogP contribution in [0.4, 0.5) is 10.1 Å². The van der Waals surface area contributed by atoms with E-state index in [-0.39, 0.29) is 5.82 Å². The number of hydrogen-bond donors (Lipinski definition) is 1. The smallest absolute Gasteiger partial charge is 0.124 e. The van der Waals surface area contributed by atoms with Gasteiger partial charge in [0.1, 0.15) is 5.82 Å². The number of halogens is 2. The highest BCUT2D eigenvalue weighted by atomic mass is 127. The summed E-state index contributed by atoms with van der Waals surface area (Å²) in [5.74, 6) is -0.182. The fourth-order valence-corrected chi connectivity index (χ4v) is 1.92. The summed E-state index contributed by atoms with van der Waals surface area (Å²) in [5.41, 5.74) is 1.01. The topological polar surface area (TPSA) is 15.3 Å². The van der Waals surface area contributed by atoms with E-state index in [1.165, 1.54) is 12.1 Å². The summed E-state index contributed by atoms with van der Waals surface area (Å²) in [6, 6.07) is 4.80. The molecule has 15 heavy (non-hydrogen) atoms. The molecule has 0 saturated carbocycles. The van der Waals surface area contributed by atoms with E-state index < -0.39 is 0 Å². The molecule has 0 aliphatic rings. The van der Waals surface area contributed by atoms with Gasteiger partial charge >= 0.3 is 0 Å². The Balaban J connectivity index is 2.37. The molecule has 0 radical (unpaired) electrons. The summed E-state index contributed by atoms with van der Waals surface area (Å²) < 4.78 is 13.7. The van der Waals surface area contributed by atoms with Gasteiger partial charge in [-0.1, -0.05) is 0 Å². The molecule has 0 atom stereocenters. The lowest BCUT2D eigenvalue weighted by molar-refractivity contribution is 0.405. The van der Waals surface area contributed by atoms with Crippen molar-refractivity contribution in [2.45, 2.75) is 6.42 Å². The van der Waals surface area contributed by atoms with Gasteiger partial charge in [-0.25, -0.2) is 4.39 Å². The molecule has 1 aromatic carbocycles. The van der Waals surface area contributed by atoms with Crippen LogP contribution in [0.3, 0.4) is 0 Å². The average molecular weight is 322 g/mol. The molecule has 1 aromatic rings. The summed E-state index contributed by atoms with van der Waals surface area (Å²) >= 11 is 2.14. The van der Waals surface area contributed by atoms with Gasteiger partial charge < -0.3 is 10.2 Å². The Labute approximate surface area is 104 Å². The lowest BCUT2D eigenvalue weighted by Crippen LogP contribution is -2.16. The third-order valence-corrected chi connectivity index (χ3v) is 2.92. The standard InChI is InChI=1S/C11H16FIN2/c1-15(2)7-3-6-14-11-5-4-9(12)8-10(11)13/h4-5,8,14H,3,6-7H2,1-2H3. The summed E-state index contributed by atoms with van der Waals surface area (Å²) in [5, 5.41) is 3.29. The third kappa shape index (κ3) is 4.79. The highest BCUT2D eigenvalue weighted by Crippen LogP contribution is 2.18. The minimum Gasteiger partial charge on any atom is -0.384 e. The maximum absolute atomic E-state index is 12.8. The van der Waals surface area contributed by atoms with Crippen molar-refractivity contribution in [3.63, 3.8) is 0 Å². The fourth-order valence-electron chi connectivity index (χ4n) is 1.25. The van der Waals surface area contributed by atoms with Crippen LogP contribution in [0.5, 0.6) is 0 Å². The molecule has 0 aromatic heterocycles. The second-order valence-corrected chi connectivity index (χ2v) is 4.87. The Morgan fingerprint density at radius 3 is 2.73 bits per heavy atom. The number of rotatable bonds is 5. The lowest BCUT2D eigenvalue weighted by Gasteiger charge is -2.11. The van der Waals surface area contributed by atoms with Gasteiger partial charge in [-0.05, 0) is 67.9 Å². The van der Waals surface area contributed by atoms with Crippen molar-refractivity contribution in [2.75, 3.05) is 32.5 Å². The number of benzene rings is 1. The maximum Gasteiger partial charge on any atom is 0.124 e. The molecule has 0 amide bonds. The number of anilines is 1. The van der Waals surface area contributed by atoms with Gasteiger partial charge in [-0.3, -0.25) is 0 Å². The van der Waals surface area contributed by atoms with Gasteiger partial charge in [0.15, 0.2) is 0 Å². The second kappa shape index (κ2) is 6.27. The minimum absolute atomic E-state index is 0.182. The van der Waals surface area contributed by atoms with Gasteiger partial charge in [0.05, 0.1) is 0 Å². The Morgan fingerprint density at radius 1 is 1.40 bits per heavy atom. The van der Waals surface area contributed by atoms with Crippen LogP contribution in [-0.2, 0) is 0 Å². The summed E-state index contributed by atoms with van der Waals surface area (Å²) in [6.07, 6.45) is 1.08. The first kappa shape index (κ1) is 12.7. The van der Waals surface area contributed by atoms with Crippen molar-refractivity contribution in [3.05, 3.63) is 27.6 Å². The molecule has 0 spiro atoms.